The van der Waals surface area contributed by atoms with E-state index in [0.29, 0.717) is 11.0 Å². The van der Waals surface area contributed by atoms with Gasteiger partial charge in [0.2, 0.25) is 0 Å². The second-order valence-electron chi connectivity index (χ2n) is 5.44. The minimum Gasteiger partial charge on any atom is -0.439 e. The fourth-order valence-corrected chi connectivity index (χ4v) is 3.35. The Morgan fingerprint density at radius 3 is 2.55 bits per heavy atom. The molecule has 0 radical (unpaired) electrons. The van der Waals surface area contributed by atoms with Crippen molar-refractivity contribution >= 4 is 22.7 Å². The van der Waals surface area contributed by atoms with E-state index in [-0.39, 0.29) is 12.2 Å². The minimum atomic E-state index is -0.385. The van der Waals surface area contributed by atoms with Crippen LogP contribution in [0, 0.1) is 5.92 Å². The predicted octanol–water partition coefficient (Wildman–Crippen LogP) is 4.28. The van der Waals surface area contributed by atoms with Gasteiger partial charge in [-0.25, -0.2) is 4.79 Å². The maximum atomic E-state index is 11.6. The quantitative estimate of drug-likeness (QED) is 0.883. The Morgan fingerprint density at radius 1 is 1.15 bits per heavy atom. The number of hydrogen-bond donors (Lipinski definition) is 1. The highest BCUT2D eigenvalue weighted by molar-refractivity contribution is 6.49. The third-order valence-electron chi connectivity index (χ3n) is 4.10. The Morgan fingerprint density at radius 2 is 1.85 bits per heavy atom. The molecule has 0 aromatic heterocycles. The lowest BCUT2D eigenvalue weighted by Crippen LogP contribution is -2.25. The van der Waals surface area contributed by atoms with Crippen molar-refractivity contribution in [2.75, 3.05) is 0 Å². The number of rotatable bonds is 2. The number of hydrogen-bond acceptors (Lipinski definition) is 2. The molecule has 3 nitrogen and oxygen atoms in total. The Hall–Kier alpha value is -1.48. The van der Waals surface area contributed by atoms with Gasteiger partial charge in [-0.1, -0.05) is 61.2 Å². The van der Waals surface area contributed by atoms with Gasteiger partial charge in [0.15, 0.2) is 0 Å². The van der Waals surface area contributed by atoms with E-state index in [1.165, 1.54) is 19.3 Å². The topological polar surface area (TPSA) is 38.3 Å². The molecule has 2 aliphatic rings. The van der Waals surface area contributed by atoms with Gasteiger partial charge >= 0.3 is 6.09 Å². The van der Waals surface area contributed by atoms with Crippen LogP contribution in [0.4, 0.5) is 4.79 Å². The molecule has 0 bridgehead atoms. The first-order valence-corrected chi connectivity index (χ1v) is 7.56. The first-order valence-electron chi connectivity index (χ1n) is 7.18. The van der Waals surface area contributed by atoms with Crippen molar-refractivity contribution in [1.82, 2.24) is 5.32 Å². The highest BCUT2D eigenvalue weighted by Crippen LogP contribution is 2.36. The number of nitrogens with one attached hydrogen (secondary N) is 1. The van der Waals surface area contributed by atoms with E-state index in [1.54, 1.807) is 0 Å². The molecule has 1 atom stereocenters. The molecule has 1 saturated heterocycles. The fraction of sp³-hybridized carbons (Fsp3) is 0.438. The number of carbonyl (C=O) groups excluding carboxylic acids is 1. The van der Waals surface area contributed by atoms with E-state index in [0.717, 1.165) is 24.1 Å². The number of halogens is 1. The molecule has 1 aromatic rings. The summed E-state index contributed by atoms with van der Waals surface area (Å²) in [6.45, 7) is 0. The number of ether oxygens (including phenoxy) is 1. The van der Waals surface area contributed by atoms with Crippen LogP contribution < -0.4 is 5.32 Å². The summed E-state index contributed by atoms with van der Waals surface area (Å²) in [5, 5.41) is 3.38. The molecule has 106 valence electrons. The summed E-state index contributed by atoms with van der Waals surface area (Å²) in [4.78, 5) is 11.6. The van der Waals surface area contributed by atoms with Crippen molar-refractivity contribution in [3.05, 3.63) is 41.6 Å². The van der Waals surface area contributed by atoms with E-state index in [2.05, 4.69) is 5.32 Å². The molecule has 1 aromatic carbocycles. The summed E-state index contributed by atoms with van der Waals surface area (Å²) in [7, 11) is 0. The summed E-state index contributed by atoms with van der Waals surface area (Å²) in [6.07, 6.45) is 5.28. The van der Waals surface area contributed by atoms with E-state index < -0.39 is 0 Å². The zero-order chi connectivity index (χ0) is 13.9. The molecule has 1 aliphatic carbocycles. The number of benzene rings is 1. The van der Waals surface area contributed by atoms with E-state index >= 15 is 0 Å². The largest absolute Gasteiger partial charge is 0.439 e. The molecular formula is C16H18ClNO2. The molecule has 1 saturated carbocycles. The summed E-state index contributed by atoms with van der Waals surface area (Å²) < 4.78 is 5.46. The van der Waals surface area contributed by atoms with Crippen LogP contribution in [-0.4, -0.2) is 12.2 Å². The molecule has 2 fully saturated rings. The molecule has 1 N–H and O–H groups in total. The van der Waals surface area contributed by atoms with Crippen molar-refractivity contribution in [3.63, 3.8) is 0 Å². The predicted molar refractivity (Wildman–Crippen MR) is 79.2 cm³/mol. The number of amides is 1. The van der Waals surface area contributed by atoms with Gasteiger partial charge in [-0.2, -0.15) is 0 Å². The van der Waals surface area contributed by atoms with E-state index in [1.807, 2.05) is 30.3 Å². The maximum Gasteiger partial charge on any atom is 0.412 e. The molecule has 3 rings (SSSR count). The normalized spacial score (nSPS) is 26.1. The van der Waals surface area contributed by atoms with Crippen molar-refractivity contribution in [1.29, 1.82) is 0 Å². The molecular weight excluding hydrogens is 274 g/mol. The maximum absolute atomic E-state index is 11.6. The number of alkyl carbamates (subject to hydrolysis) is 1. The average molecular weight is 292 g/mol. The highest BCUT2D eigenvalue weighted by atomic mass is 35.5. The minimum absolute atomic E-state index is 0.212. The molecule has 0 unspecified atom stereocenters. The van der Waals surface area contributed by atoms with Gasteiger partial charge < -0.3 is 4.74 Å². The molecule has 1 aliphatic heterocycles. The molecule has 4 heteroatoms. The van der Waals surface area contributed by atoms with Crippen molar-refractivity contribution in [2.24, 2.45) is 5.92 Å². The van der Waals surface area contributed by atoms with Crippen LogP contribution in [0.2, 0.25) is 0 Å². The number of cyclic esters (lactones) is 1. The van der Waals surface area contributed by atoms with Gasteiger partial charge in [0.1, 0.15) is 6.10 Å². The van der Waals surface area contributed by atoms with Crippen LogP contribution in [0.3, 0.4) is 0 Å². The SMILES string of the molecule is O=C1N/C(=C(\Cl)c2ccccc2)[C@@H](C2CCCCC2)O1. The van der Waals surface area contributed by atoms with Crippen LogP contribution >= 0.6 is 11.6 Å². The summed E-state index contributed by atoms with van der Waals surface area (Å²) in [5.74, 6) is 0.384. The first kappa shape index (κ1) is 13.5. The third kappa shape index (κ3) is 2.68. The van der Waals surface area contributed by atoms with Crippen LogP contribution in [-0.2, 0) is 4.74 Å². The molecule has 0 spiro atoms. The highest BCUT2D eigenvalue weighted by Gasteiger charge is 2.37. The van der Waals surface area contributed by atoms with Crippen LogP contribution in [0.15, 0.2) is 36.0 Å². The Kier molecular flexibility index (Phi) is 3.97. The molecule has 1 amide bonds. The Balaban J connectivity index is 1.91. The summed E-state index contributed by atoms with van der Waals surface area (Å²) in [5.41, 5.74) is 1.64. The third-order valence-corrected chi connectivity index (χ3v) is 4.52. The number of carbonyl (C=O) groups is 1. The lowest BCUT2D eigenvalue weighted by Gasteiger charge is -2.26. The van der Waals surface area contributed by atoms with E-state index in [9.17, 15) is 4.79 Å². The van der Waals surface area contributed by atoms with Crippen molar-refractivity contribution < 1.29 is 9.53 Å². The van der Waals surface area contributed by atoms with Gasteiger partial charge in [-0.15, -0.1) is 0 Å². The summed E-state index contributed by atoms with van der Waals surface area (Å²) >= 11 is 6.48. The smallest absolute Gasteiger partial charge is 0.412 e. The van der Waals surface area contributed by atoms with Crippen LogP contribution in [0.25, 0.3) is 5.03 Å². The van der Waals surface area contributed by atoms with Crippen LogP contribution in [0.1, 0.15) is 37.7 Å². The van der Waals surface area contributed by atoms with Crippen LogP contribution in [0.5, 0.6) is 0 Å². The summed E-state index contributed by atoms with van der Waals surface area (Å²) in [6, 6.07) is 9.70. The fourth-order valence-electron chi connectivity index (χ4n) is 3.07. The van der Waals surface area contributed by atoms with Gasteiger partial charge in [0, 0.05) is 5.92 Å². The Labute approximate surface area is 124 Å². The Bertz CT molecular complexity index is 521. The second-order valence-corrected chi connectivity index (χ2v) is 5.82. The monoisotopic (exact) mass is 291 g/mol. The zero-order valence-electron chi connectivity index (χ0n) is 11.3. The van der Waals surface area contributed by atoms with Gasteiger partial charge in [0.05, 0.1) is 10.7 Å². The lowest BCUT2D eigenvalue weighted by molar-refractivity contribution is 0.0982. The zero-order valence-corrected chi connectivity index (χ0v) is 12.0. The van der Waals surface area contributed by atoms with Gasteiger partial charge in [-0.05, 0) is 18.4 Å². The average Bonchev–Trinajstić information content (AvgIpc) is 2.90. The van der Waals surface area contributed by atoms with Gasteiger partial charge in [-0.3, -0.25) is 5.32 Å². The van der Waals surface area contributed by atoms with Crippen molar-refractivity contribution in [3.8, 4) is 0 Å². The standard InChI is InChI=1S/C16H18ClNO2/c17-13(11-7-3-1-4-8-11)14-15(20-16(19)18-14)12-9-5-2-6-10-12/h1,3-4,7-8,12,15H,2,5-6,9-10H2,(H,18,19)/b14-13-/t15-/m1/s1. The molecule has 20 heavy (non-hydrogen) atoms. The van der Waals surface area contributed by atoms with Crippen molar-refractivity contribution in [2.45, 2.75) is 38.2 Å². The van der Waals surface area contributed by atoms with Gasteiger partial charge in [0.25, 0.3) is 0 Å². The molecule has 1 heterocycles. The first-order chi connectivity index (χ1) is 9.75. The lowest BCUT2D eigenvalue weighted by atomic mass is 9.84. The second kappa shape index (κ2) is 5.88. The van der Waals surface area contributed by atoms with E-state index in [4.69, 9.17) is 16.3 Å².